The quantitative estimate of drug-likeness (QED) is 0.542. The van der Waals surface area contributed by atoms with E-state index in [9.17, 15) is 4.79 Å². The number of hydrogen-bond acceptors (Lipinski definition) is 2. The summed E-state index contributed by atoms with van der Waals surface area (Å²) in [5.41, 5.74) is 2.62. The molecule has 2 heterocycles. The molecule has 1 amide bonds. The number of nitrogens with zero attached hydrogens (tertiary/aromatic N) is 2. The fourth-order valence-electron chi connectivity index (χ4n) is 3.76. The number of amides is 1. The summed E-state index contributed by atoms with van der Waals surface area (Å²) in [7, 11) is 0. The van der Waals surface area contributed by atoms with E-state index in [1.807, 2.05) is 53.4 Å². The lowest BCUT2D eigenvalue weighted by atomic mass is 10.2. The topological polar surface area (TPSA) is 34.5 Å². The van der Waals surface area contributed by atoms with Crippen LogP contribution in [0.25, 0.3) is 10.9 Å². The van der Waals surface area contributed by atoms with E-state index in [0.29, 0.717) is 23.9 Å². The summed E-state index contributed by atoms with van der Waals surface area (Å²) in [5, 5.41) is 1.63. The van der Waals surface area contributed by atoms with Crippen molar-refractivity contribution in [3.63, 3.8) is 0 Å². The van der Waals surface area contributed by atoms with E-state index in [1.54, 1.807) is 6.08 Å². The first-order chi connectivity index (χ1) is 13.7. The Labute approximate surface area is 170 Å². The van der Waals surface area contributed by atoms with Crippen LogP contribution in [0.5, 0.6) is 5.75 Å². The van der Waals surface area contributed by atoms with Gasteiger partial charge in [0.25, 0.3) is 5.91 Å². The van der Waals surface area contributed by atoms with E-state index in [0.717, 1.165) is 48.1 Å². The predicted molar refractivity (Wildman–Crippen MR) is 113 cm³/mol. The molecule has 2 aromatic carbocycles. The van der Waals surface area contributed by atoms with Crippen molar-refractivity contribution in [2.24, 2.45) is 0 Å². The Kier molecular flexibility index (Phi) is 5.40. The fraction of sp³-hybridized carbons (Fsp3) is 0.261. The second-order valence-corrected chi connectivity index (χ2v) is 7.40. The van der Waals surface area contributed by atoms with Crippen molar-refractivity contribution in [3.05, 3.63) is 77.5 Å². The van der Waals surface area contributed by atoms with Crippen LogP contribution in [0.15, 0.2) is 61.2 Å². The van der Waals surface area contributed by atoms with Crippen molar-refractivity contribution in [1.29, 1.82) is 0 Å². The second kappa shape index (κ2) is 8.11. The molecule has 0 saturated carbocycles. The van der Waals surface area contributed by atoms with E-state index in [-0.39, 0.29) is 5.91 Å². The van der Waals surface area contributed by atoms with Crippen molar-refractivity contribution in [2.75, 3.05) is 19.7 Å². The first-order valence-electron chi connectivity index (χ1n) is 9.57. The maximum atomic E-state index is 13.3. The molecule has 0 spiro atoms. The number of benzene rings is 2. The van der Waals surface area contributed by atoms with Gasteiger partial charge in [-0.05, 0) is 42.7 Å². The third-order valence-electron chi connectivity index (χ3n) is 5.16. The first kappa shape index (κ1) is 18.6. The maximum absolute atomic E-state index is 13.3. The molecule has 0 atom stereocenters. The third kappa shape index (κ3) is 3.52. The summed E-state index contributed by atoms with van der Waals surface area (Å²) in [4.78, 5) is 15.2. The van der Waals surface area contributed by atoms with Gasteiger partial charge in [0.2, 0.25) is 0 Å². The minimum atomic E-state index is 0.0652. The Bertz CT molecular complexity index is 1020. The molecule has 0 radical (unpaired) electrons. The number of aromatic nitrogens is 1. The highest BCUT2D eigenvalue weighted by Crippen LogP contribution is 2.31. The monoisotopic (exact) mass is 394 g/mol. The van der Waals surface area contributed by atoms with Crippen LogP contribution in [0.4, 0.5) is 0 Å². The van der Waals surface area contributed by atoms with Crippen LogP contribution in [0.1, 0.15) is 28.9 Å². The van der Waals surface area contributed by atoms with Crippen LogP contribution in [-0.4, -0.2) is 35.1 Å². The van der Waals surface area contributed by atoms with Gasteiger partial charge in [-0.1, -0.05) is 48.5 Å². The van der Waals surface area contributed by atoms with Gasteiger partial charge in [0, 0.05) is 30.0 Å². The molecule has 0 aliphatic carbocycles. The van der Waals surface area contributed by atoms with Gasteiger partial charge >= 0.3 is 0 Å². The average molecular weight is 395 g/mol. The number of hydrogen-bond donors (Lipinski definition) is 0. The minimum absolute atomic E-state index is 0.0652. The largest absolute Gasteiger partial charge is 0.489 e. The molecule has 3 aromatic rings. The van der Waals surface area contributed by atoms with Crippen molar-refractivity contribution in [2.45, 2.75) is 19.4 Å². The molecule has 0 N–H and O–H groups in total. The van der Waals surface area contributed by atoms with Gasteiger partial charge in [-0.2, -0.15) is 0 Å². The van der Waals surface area contributed by atoms with Gasteiger partial charge in [-0.3, -0.25) is 4.79 Å². The number of carbonyl (C=O) groups is 1. The van der Waals surface area contributed by atoms with Gasteiger partial charge in [-0.25, -0.2) is 0 Å². The van der Waals surface area contributed by atoms with Crippen molar-refractivity contribution >= 4 is 28.4 Å². The molecule has 28 heavy (non-hydrogen) atoms. The molecule has 4 rings (SSSR count). The summed E-state index contributed by atoms with van der Waals surface area (Å²) >= 11 is 6.41. The van der Waals surface area contributed by atoms with Crippen LogP contribution in [0, 0.1) is 0 Å². The van der Waals surface area contributed by atoms with E-state index < -0.39 is 0 Å². The van der Waals surface area contributed by atoms with Gasteiger partial charge in [0.15, 0.2) is 0 Å². The van der Waals surface area contributed by atoms with E-state index in [4.69, 9.17) is 16.3 Å². The van der Waals surface area contributed by atoms with Crippen LogP contribution >= 0.6 is 11.6 Å². The average Bonchev–Trinajstić information content (AvgIpc) is 3.36. The third-order valence-corrected chi connectivity index (χ3v) is 5.53. The Balaban J connectivity index is 1.83. The smallest absolute Gasteiger partial charge is 0.270 e. The molecule has 0 unspecified atom stereocenters. The summed E-state index contributed by atoms with van der Waals surface area (Å²) in [5.74, 6) is 0.821. The summed E-state index contributed by atoms with van der Waals surface area (Å²) in [6.07, 6.45) is 3.84. The second-order valence-electron chi connectivity index (χ2n) is 7.00. The van der Waals surface area contributed by atoms with Gasteiger partial charge in [0.05, 0.1) is 5.52 Å². The van der Waals surface area contributed by atoms with Crippen LogP contribution < -0.4 is 4.74 Å². The molecular formula is C23H23ClN2O2. The summed E-state index contributed by atoms with van der Waals surface area (Å²) < 4.78 is 7.89. The highest BCUT2D eigenvalue weighted by Gasteiger charge is 2.25. The van der Waals surface area contributed by atoms with Crippen molar-refractivity contribution < 1.29 is 9.53 Å². The summed E-state index contributed by atoms with van der Waals surface area (Å²) in [6, 6.07) is 15.6. The Morgan fingerprint density at radius 1 is 1.14 bits per heavy atom. The normalized spacial score (nSPS) is 13.8. The highest BCUT2D eigenvalue weighted by atomic mass is 35.5. The number of likely N-dealkylation sites (tertiary alicyclic amines) is 1. The highest BCUT2D eigenvalue weighted by molar-refractivity contribution is 6.31. The van der Waals surface area contributed by atoms with Crippen molar-refractivity contribution in [3.8, 4) is 5.75 Å². The predicted octanol–water partition coefficient (Wildman–Crippen LogP) is 5.14. The molecule has 4 nitrogen and oxygen atoms in total. The Morgan fingerprint density at radius 2 is 1.93 bits per heavy atom. The molecule has 1 saturated heterocycles. The molecular weight excluding hydrogens is 372 g/mol. The van der Waals surface area contributed by atoms with Crippen molar-refractivity contribution in [1.82, 2.24) is 9.47 Å². The van der Waals surface area contributed by atoms with Crippen LogP contribution in [0.2, 0.25) is 5.02 Å². The Hall–Kier alpha value is -2.72. The maximum Gasteiger partial charge on any atom is 0.270 e. The number of ether oxygens (including phenoxy) is 1. The number of rotatable bonds is 6. The standard InChI is InChI=1S/C23H23ClN2O2/c1-2-14-28-22-11-7-10-20-18(22)15-21(23(27)25-12-5-6-13-25)26(20)16-17-8-3-4-9-19(17)24/h2-4,7-11,15H,1,5-6,12-14,16H2. The first-order valence-corrected chi connectivity index (χ1v) is 9.95. The van der Waals surface area contributed by atoms with Gasteiger partial charge in [-0.15, -0.1) is 0 Å². The van der Waals surface area contributed by atoms with Gasteiger partial charge in [0.1, 0.15) is 18.1 Å². The van der Waals surface area contributed by atoms with Crippen LogP contribution in [-0.2, 0) is 6.54 Å². The molecule has 1 aliphatic rings. The fourth-order valence-corrected chi connectivity index (χ4v) is 3.95. The van der Waals surface area contributed by atoms with E-state index in [2.05, 4.69) is 11.1 Å². The minimum Gasteiger partial charge on any atom is -0.489 e. The number of halogens is 1. The van der Waals surface area contributed by atoms with Crippen LogP contribution in [0.3, 0.4) is 0 Å². The lowest BCUT2D eigenvalue weighted by molar-refractivity contribution is 0.0783. The molecule has 144 valence electrons. The van der Waals surface area contributed by atoms with Gasteiger partial charge < -0.3 is 14.2 Å². The SMILES string of the molecule is C=CCOc1cccc2c1cc(C(=O)N1CCCC1)n2Cc1ccccc1Cl. The zero-order chi connectivity index (χ0) is 19.5. The molecule has 5 heteroatoms. The van der Waals surface area contributed by atoms with E-state index >= 15 is 0 Å². The molecule has 1 aliphatic heterocycles. The lowest BCUT2D eigenvalue weighted by Crippen LogP contribution is -2.29. The zero-order valence-electron chi connectivity index (χ0n) is 15.7. The summed E-state index contributed by atoms with van der Waals surface area (Å²) in [6.45, 7) is 6.29. The number of fused-ring (bicyclic) bond motifs is 1. The number of carbonyl (C=O) groups excluding carboxylic acids is 1. The molecule has 0 bridgehead atoms. The zero-order valence-corrected chi connectivity index (χ0v) is 16.5. The Morgan fingerprint density at radius 3 is 2.68 bits per heavy atom. The lowest BCUT2D eigenvalue weighted by Gasteiger charge is -2.18. The van der Waals surface area contributed by atoms with E-state index in [1.165, 1.54) is 0 Å². The molecule has 1 fully saturated rings. The molecule has 1 aromatic heterocycles.